The van der Waals surface area contributed by atoms with Gasteiger partial charge in [-0.2, -0.15) is 0 Å². The molecule has 26 heavy (non-hydrogen) atoms. The van der Waals surface area contributed by atoms with Crippen LogP contribution in [0.15, 0.2) is 29.2 Å². The summed E-state index contributed by atoms with van der Waals surface area (Å²) in [4.78, 5) is 25.1. The molecule has 0 bridgehead atoms. The van der Waals surface area contributed by atoms with E-state index in [0.717, 1.165) is 35.6 Å². The maximum atomic E-state index is 12.9. The maximum Gasteiger partial charge on any atom is 0.267 e. The van der Waals surface area contributed by atoms with Crippen LogP contribution >= 0.6 is 0 Å². The summed E-state index contributed by atoms with van der Waals surface area (Å²) < 4.78 is 26.7. The second kappa shape index (κ2) is 7.78. The fraction of sp³-hybridized carbons (Fsp3) is 0.579. The molecule has 0 unspecified atom stereocenters. The zero-order chi connectivity index (χ0) is 18.7. The zero-order valence-corrected chi connectivity index (χ0v) is 15.9. The molecule has 1 atom stereocenters. The minimum atomic E-state index is -4.02. The van der Waals surface area contributed by atoms with E-state index < -0.39 is 22.0 Å². The normalized spacial score (nSPS) is 22.3. The molecule has 0 spiro atoms. The standard InChI is InChI=1S/C19H26N2O4S/c1-14-8-10-16(11-9-14)26(24,25)21-17(12-13-18(21)22)19(23)20-15-6-4-2-3-5-7-15/h8-11,15,17H,2-7,12-13H2,1H3,(H,20,23)/t17-/m1/s1. The number of aryl methyl sites for hydroxylation is 1. The Hall–Kier alpha value is -1.89. The summed E-state index contributed by atoms with van der Waals surface area (Å²) in [5.41, 5.74) is 0.930. The molecular formula is C19H26N2O4S. The molecule has 1 aliphatic heterocycles. The molecule has 1 aromatic rings. The summed E-state index contributed by atoms with van der Waals surface area (Å²) in [6, 6.07) is 5.47. The largest absolute Gasteiger partial charge is 0.352 e. The van der Waals surface area contributed by atoms with Gasteiger partial charge in [-0.25, -0.2) is 12.7 Å². The van der Waals surface area contributed by atoms with E-state index in [1.165, 1.54) is 25.0 Å². The number of hydrogen-bond acceptors (Lipinski definition) is 4. The number of nitrogens with one attached hydrogen (secondary N) is 1. The molecule has 6 nitrogen and oxygen atoms in total. The van der Waals surface area contributed by atoms with Crippen molar-refractivity contribution in [2.45, 2.75) is 75.3 Å². The molecule has 0 radical (unpaired) electrons. The average molecular weight is 378 g/mol. The van der Waals surface area contributed by atoms with Crippen LogP contribution in [0.1, 0.15) is 56.9 Å². The molecule has 2 fully saturated rings. The van der Waals surface area contributed by atoms with E-state index in [1.807, 2.05) is 6.92 Å². The number of sulfonamides is 1. The van der Waals surface area contributed by atoms with Crippen LogP contribution < -0.4 is 5.32 Å². The number of carbonyl (C=O) groups is 2. The molecule has 1 saturated heterocycles. The molecule has 0 aromatic heterocycles. The Kier molecular flexibility index (Phi) is 5.65. The number of carbonyl (C=O) groups excluding carboxylic acids is 2. The zero-order valence-electron chi connectivity index (χ0n) is 15.1. The van der Waals surface area contributed by atoms with Gasteiger partial charge in [0.25, 0.3) is 10.0 Å². The highest BCUT2D eigenvalue weighted by Crippen LogP contribution is 2.28. The average Bonchev–Trinajstić information content (AvgIpc) is 2.83. The van der Waals surface area contributed by atoms with E-state index >= 15 is 0 Å². The van der Waals surface area contributed by atoms with E-state index in [4.69, 9.17) is 0 Å². The summed E-state index contributed by atoms with van der Waals surface area (Å²) in [5, 5.41) is 2.99. The van der Waals surface area contributed by atoms with E-state index in [9.17, 15) is 18.0 Å². The number of hydrogen-bond donors (Lipinski definition) is 1. The van der Waals surface area contributed by atoms with Gasteiger partial charge in [0.15, 0.2) is 0 Å². The van der Waals surface area contributed by atoms with Crippen molar-refractivity contribution in [2.24, 2.45) is 0 Å². The first kappa shape index (κ1) is 18.9. The monoisotopic (exact) mass is 378 g/mol. The van der Waals surface area contributed by atoms with Crippen molar-refractivity contribution in [3.05, 3.63) is 29.8 Å². The van der Waals surface area contributed by atoms with Gasteiger partial charge in [0.05, 0.1) is 4.90 Å². The van der Waals surface area contributed by atoms with Gasteiger partial charge in [-0.1, -0.05) is 43.4 Å². The predicted molar refractivity (Wildman–Crippen MR) is 97.9 cm³/mol. The van der Waals surface area contributed by atoms with Gasteiger partial charge in [0, 0.05) is 12.5 Å². The fourth-order valence-electron chi connectivity index (χ4n) is 3.75. The van der Waals surface area contributed by atoms with Crippen molar-refractivity contribution >= 4 is 21.8 Å². The second-order valence-corrected chi connectivity index (χ2v) is 9.07. The Morgan fingerprint density at radius 3 is 2.27 bits per heavy atom. The van der Waals surface area contributed by atoms with E-state index in [1.54, 1.807) is 12.1 Å². The van der Waals surface area contributed by atoms with Crippen molar-refractivity contribution in [3.8, 4) is 0 Å². The number of amides is 2. The Bertz CT molecular complexity index is 765. The fourth-order valence-corrected chi connectivity index (χ4v) is 5.35. The molecule has 2 aliphatic rings. The molecular weight excluding hydrogens is 352 g/mol. The van der Waals surface area contributed by atoms with Crippen molar-refractivity contribution in [1.82, 2.24) is 9.62 Å². The quantitative estimate of drug-likeness (QED) is 0.816. The predicted octanol–water partition coefficient (Wildman–Crippen LogP) is 2.51. The Morgan fingerprint density at radius 1 is 1.04 bits per heavy atom. The van der Waals surface area contributed by atoms with Crippen LogP contribution in [0, 0.1) is 6.92 Å². The summed E-state index contributed by atoms with van der Waals surface area (Å²) in [7, 11) is -4.02. The molecule has 2 amide bonds. The van der Waals surface area contributed by atoms with E-state index in [-0.39, 0.29) is 29.7 Å². The smallest absolute Gasteiger partial charge is 0.267 e. The van der Waals surface area contributed by atoms with Crippen LogP contribution in [0.2, 0.25) is 0 Å². The van der Waals surface area contributed by atoms with Crippen LogP contribution in [-0.4, -0.2) is 36.6 Å². The third-order valence-electron chi connectivity index (χ3n) is 5.24. The topological polar surface area (TPSA) is 83.6 Å². The number of nitrogens with zero attached hydrogens (tertiary/aromatic N) is 1. The summed E-state index contributed by atoms with van der Waals surface area (Å²) in [6.07, 6.45) is 6.62. The molecule has 1 aliphatic carbocycles. The van der Waals surface area contributed by atoms with Crippen molar-refractivity contribution in [2.75, 3.05) is 0 Å². The van der Waals surface area contributed by atoms with Crippen LogP contribution in [0.25, 0.3) is 0 Å². The Morgan fingerprint density at radius 2 is 1.65 bits per heavy atom. The maximum absolute atomic E-state index is 12.9. The third kappa shape index (κ3) is 3.92. The minimum absolute atomic E-state index is 0.0469. The van der Waals surface area contributed by atoms with Gasteiger partial charge in [0.1, 0.15) is 6.04 Å². The van der Waals surface area contributed by atoms with Gasteiger partial charge < -0.3 is 5.32 Å². The van der Waals surface area contributed by atoms with E-state index in [0.29, 0.717) is 0 Å². The molecule has 1 N–H and O–H groups in total. The van der Waals surface area contributed by atoms with Gasteiger partial charge in [-0.3, -0.25) is 9.59 Å². The van der Waals surface area contributed by atoms with Gasteiger partial charge in [0.2, 0.25) is 11.8 Å². The first-order valence-corrected chi connectivity index (χ1v) is 10.8. The molecule has 1 saturated carbocycles. The highest BCUT2D eigenvalue weighted by Gasteiger charge is 2.44. The Labute approximate surface area is 155 Å². The first-order valence-electron chi connectivity index (χ1n) is 9.34. The van der Waals surface area contributed by atoms with Crippen molar-refractivity contribution in [1.29, 1.82) is 0 Å². The SMILES string of the molecule is Cc1ccc(S(=O)(=O)N2C(=O)CC[C@@H]2C(=O)NC2CCCCCC2)cc1. The highest BCUT2D eigenvalue weighted by molar-refractivity contribution is 7.89. The highest BCUT2D eigenvalue weighted by atomic mass is 32.2. The lowest BCUT2D eigenvalue weighted by molar-refractivity contribution is -0.131. The first-order chi connectivity index (χ1) is 12.4. The summed E-state index contributed by atoms with van der Waals surface area (Å²) >= 11 is 0. The minimum Gasteiger partial charge on any atom is -0.352 e. The number of rotatable bonds is 4. The van der Waals surface area contributed by atoms with E-state index in [2.05, 4.69) is 5.32 Å². The van der Waals surface area contributed by atoms with Gasteiger partial charge >= 0.3 is 0 Å². The molecule has 1 aromatic carbocycles. The molecule has 142 valence electrons. The van der Waals surface area contributed by atoms with Crippen LogP contribution in [0.3, 0.4) is 0 Å². The Balaban J connectivity index is 1.79. The van der Waals surface area contributed by atoms with Crippen LogP contribution in [0.5, 0.6) is 0 Å². The molecule has 1 heterocycles. The third-order valence-corrected chi connectivity index (χ3v) is 7.09. The van der Waals surface area contributed by atoms with Crippen LogP contribution in [0.4, 0.5) is 0 Å². The molecule has 7 heteroatoms. The lowest BCUT2D eigenvalue weighted by Gasteiger charge is -2.26. The summed E-state index contributed by atoms with van der Waals surface area (Å²) in [5.74, 6) is -0.856. The second-order valence-electron chi connectivity index (χ2n) is 7.26. The van der Waals surface area contributed by atoms with Crippen molar-refractivity contribution in [3.63, 3.8) is 0 Å². The van der Waals surface area contributed by atoms with Crippen molar-refractivity contribution < 1.29 is 18.0 Å². The molecule has 3 rings (SSSR count). The summed E-state index contributed by atoms with van der Waals surface area (Å²) in [6.45, 7) is 1.86. The van der Waals surface area contributed by atoms with Gasteiger partial charge in [-0.15, -0.1) is 0 Å². The van der Waals surface area contributed by atoms with Crippen LogP contribution in [-0.2, 0) is 19.6 Å². The number of benzene rings is 1. The van der Waals surface area contributed by atoms with Gasteiger partial charge in [-0.05, 0) is 38.3 Å². The lowest BCUT2D eigenvalue weighted by Crippen LogP contribution is -2.49. The lowest BCUT2D eigenvalue weighted by atomic mass is 10.1.